The Hall–Kier alpha value is 0.0900. The van der Waals surface area contributed by atoms with Gasteiger partial charge < -0.3 is 0 Å². The maximum atomic E-state index is 12.9. The molecule has 112 valence electrons. The molecule has 0 bridgehead atoms. The molecular weight excluding hydrogens is 406 g/mol. The lowest BCUT2D eigenvalue weighted by molar-refractivity contribution is 0.239. The molecule has 0 aliphatic carbocycles. The second-order valence-electron chi connectivity index (χ2n) is 5.13. The van der Waals surface area contributed by atoms with E-state index in [9.17, 15) is 8.42 Å². The van der Waals surface area contributed by atoms with E-state index < -0.39 is 10.0 Å². The molecule has 0 spiro atoms. The van der Waals surface area contributed by atoms with Crippen LogP contribution in [0.4, 0.5) is 0 Å². The van der Waals surface area contributed by atoms with Gasteiger partial charge in [0.2, 0.25) is 10.0 Å². The van der Waals surface area contributed by atoms with Crippen LogP contribution < -0.4 is 0 Å². The number of sulfonamides is 1. The Bertz CT molecular complexity index is 573. The molecule has 1 heterocycles. The highest BCUT2D eigenvalue weighted by Gasteiger charge is 2.33. The second kappa shape index (κ2) is 6.90. The average Bonchev–Trinajstić information content (AvgIpc) is 2.39. The summed E-state index contributed by atoms with van der Waals surface area (Å²) in [5, 5.41) is 0. The summed E-state index contributed by atoms with van der Waals surface area (Å²) in [6, 6.07) is 5.37. The SMILES string of the molecule is CCCC1CCCCN1S(=O)(=O)c1ccc(Br)cc1Br. The Morgan fingerprint density at radius 2 is 2.05 bits per heavy atom. The van der Waals surface area contributed by atoms with Crippen molar-refractivity contribution in [2.24, 2.45) is 0 Å². The lowest BCUT2D eigenvalue weighted by atomic mass is 10.0. The summed E-state index contributed by atoms with van der Waals surface area (Å²) in [5.41, 5.74) is 0. The molecule has 6 heteroatoms. The van der Waals surface area contributed by atoms with Crippen LogP contribution in [0, 0.1) is 0 Å². The highest BCUT2D eigenvalue weighted by atomic mass is 79.9. The number of rotatable bonds is 4. The van der Waals surface area contributed by atoms with Gasteiger partial charge in [0.15, 0.2) is 0 Å². The molecule has 0 aromatic heterocycles. The van der Waals surface area contributed by atoms with E-state index in [1.807, 2.05) is 0 Å². The van der Waals surface area contributed by atoms with Crippen molar-refractivity contribution in [3.63, 3.8) is 0 Å². The van der Waals surface area contributed by atoms with Crippen LogP contribution >= 0.6 is 31.9 Å². The van der Waals surface area contributed by atoms with Gasteiger partial charge >= 0.3 is 0 Å². The minimum Gasteiger partial charge on any atom is -0.207 e. The molecule has 1 atom stereocenters. The molecule has 1 aliphatic heterocycles. The van der Waals surface area contributed by atoms with E-state index >= 15 is 0 Å². The van der Waals surface area contributed by atoms with E-state index in [-0.39, 0.29) is 6.04 Å². The number of piperidine rings is 1. The molecule has 1 aromatic rings. The predicted molar refractivity (Wildman–Crippen MR) is 88.3 cm³/mol. The van der Waals surface area contributed by atoms with E-state index in [2.05, 4.69) is 38.8 Å². The summed E-state index contributed by atoms with van der Waals surface area (Å²) in [6.45, 7) is 2.74. The fourth-order valence-electron chi connectivity index (χ4n) is 2.72. The number of halogens is 2. The second-order valence-corrected chi connectivity index (χ2v) is 8.76. The highest BCUT2D eigenvalue weighted by molar-refractivity contribution is 9.11. The molecule has 1 aliphatic rings. The van der Waals surface area contributed by atoms with E-state index in [0.29, 0.717) is 15.9 Å². The highest BCUT2D eigenvalue weighted by Crippen LogP contribution is 2.32. The van der Waals surface area contributed by atoms with Gasteiger partial charge in [-0.05, 0) is 53.4 Å². The van der Waals surface area contributed by atoms with Gasteiger partial charge in [-0.1, -0.05) is 35.7 Å². The maximum absolute atomic E-state index is 12.9. The normalized spacial score (nSPS) is 21.1. The zero-order valence-corrected chi connectivity index (χ0v) is 15.5. The van der Waals surface area contributed by atoms with Crippen LogP contribution in [0.15, 0.2) is 32.0 Å². The van der Waals surface area contributed by atoms with Crippen molar-refractivity contribution in [3.05, 3.63) is 27.1 Å². The minimum absolute atomic E-state index is 0.147. The quantitative estimate of drug-likeness (QED) is 0.710. The van der Waals surface area contributed by atoms with Crippen molar-refractivity contribution in [2.75, 3.05) is 6.54 Å². The van der Waals surface area contributed by atoms with E-state index in [1.54, 1.807) is 22.5 Å². The molecule has 3 nitrogen and oxygen atoms in total. The molecule has 20 heavy (non-hydrogen) atoms. The van der Waals surface area contributed by atoms with E-state index in [4.69, 9.17) is 0 Å². The van der Waals surface area contributed by atoms with Gasteiger partial charge in [-0.25, -0.2) is 8.42 Å². The lowest BCUT2D eigenvalue weighted by Crippen LogP contribution is -2.43. The Balaban J connectivity index is 2.37. The van der Waals surface area contributed by atoms with Crippen molar-refractivity contribution in [3.8, 4) is 0 Å². The Labute approximate surface area is 138 Å². The van der Waals surface area contributed by atoms with Crippen LogP contribution in [0.3, 0.4) is 0 Å². The van der Waals surface area contributed by atoms with Gasteiger partial charge in [-0.15, -0.1) is 0 Å². The summed E-state index contributed by atoms with van der Waals surface area (Å²) < 4.78 is 29.0. The topological polar surface area (TPSA) is 37.4 Å². The molecule has 1 unspecified atom stereocenters. The molecule has 1 aromatic carbocycles. The molecule has 1 saturated heterocycles. The van der Waals surface area contributed by atoms with Gasteiger partial charge in [0.1, 0.15) is 0 Å². The number of benzene rings is 1. The van der Waals surface area contributed by atoms with Gasteiger partial charge in [0.05, 0.1) is 4.90 Å². The first-order chi connectivity index (χ1) is 9.46. The number of hydrogen-bond acceptors (Lipinski definition) is 2. The number of nitrogens with zero attached hydrogens (tertiary/aromatic N) is 1. The molecule has 2 rings (SSSR count). The summed E-state index contributed by atoms with van der Waals surface area (Å²) in [4.78, 5) is 0.365. The van der Waals surface area contributed by atoms with Gasteiger partial charge in [-0.3, -0.25) is 0 Å². The lowest BCUT2D eigenvalue weighted by Gasteiger charge is -2.34. The van der Waals surface area contributed by atoms with Crippen LogP contribution in [0.2, 0.25) is 0 Å². The molecule has 0 N–H and O–H groups in total. The Morgan fingerprint density at radius 1 is 1.30 bits per heavy atom. The van der Waals surface area contributed by atoms with Crippen LogP contribution in [-0.2, 0) is 10.0 Å². The summed E-state index contributed by atoms with van der Waals surface area (Å²) in [7, 11) is -3.42. The smallest absolute Gasteiger partial charge is 0.207 e. The summed E-state index contributed by atoms with van der Waals surface area (Å²) >= 11 is 6.73. The first-order valence-corrected chi connectivity index (χ1v) is 9.96. The zero-order chi connectivity index (χ0) is 14.8. The van der Waals surface area contributed by atoms with Crippen molar-refractivity contribution in [1.29, 1.82) is 0 Å². The summed E-state index contributed by atoms with van der Waals surface area (Å²) in [5.74, 6) is 0. The van der Waals surface area contributed by atoms with E-state index in [0.717, 1.165) is 36.6 Å². The van der Waals surface area contributed by atoms with Gasteiger partial charge in [-0.2, -0.15) is 4.31 Å². The van der Waals surface area contributed by atoms with Gasteiger partial charge in [0.25, 0.3) is 0 Å². The predicted octanol–water partition coefficient (Wildman–Crippen LogP) is 4.55. The van der Waals surface area contributed by atoms with Crippen molar-refractivity contribution >= 4 is 41.9 Å². The molecule has 0 radical (unpaired) electrons. The molecule has 1 fully saturated rings. The Morgan fingerprint density at radius 3 is 2.70 bits per heavy atom. The maximum Gasteiger partial charge on any atom is 0.244 e. The van der Waals surface area contributed by atoms with Crippen LogP contribution in [0.5, 0.6) is 0 Å². The van der Waals surface area contributed by atoms with Crippen molar-refractivity contribution in [1.82, 2.24) is 4.31 Å². The monoisotopic (exact) mass is 423 g/mol. The van der Waals surface area contributed by atoms with Crippen LogP contribution in [-0.4, -0.2) is 25.3 Å². The first kappa shape index (κ1) is 16.5. The third-order valence-corrected chi connectivity index (χ3v) is 7.10. The summed E-state index contributed by atoms with van der Waals surface area (Å²) in [6.07, 6.45) is 5.00. The van der Waals surface area contributed by atoms with Crippen molar-refractivity contribution < 1.29 is 8.42 Å². The fourth-order valence-corrected chi connectivity index (χ4v) is 6.15. The average molecular weight is 425 g/mol. The first-order valence-electron chi connectivity index (χ1n) is 6.93. The van der Waals surface area contributed by atoms with Crippen molar-refractivity contribution in [2.45, 2.75) is 50.0 Å². The van der Waals surface area contributed by atoms with E-state index in [1.165, 1.54) is 0 Å². The third-order valence-electron chi connectivity index (χ3n) is 3.68. The zero-order valence-electron chi connectivity index (χ0n) is 11.5. The van der Waals surface area contributed by atoms with Crippen LogP contribution in [0.25, 0.3) is 0 Å². The minimum atomic E-state index is -3.42. The fraction of sp³-hybridized carbons (Fsp3) is 0.571. The molecular formula is C14H19Br2NO2S. The Kier molecular flexibility index (Phi) is 5.68. The molecule has 0 amide bonds. The number of hydrogen-bond donors (Lipinski definition) is 0. The molecule has 0 saturated carbocycles. The third kappa shape index (κ3) is 3.46. The largest absolute Gasteiger partial charge is 0.244 e. The van der Waals surface area contributed by atoms with Crippen LogP contribution in [0.1, 0.15) is 39.0 Å². The van der Waals surface area contributed by atoms with Gasteiger partial charge in [0, 0.05) is 21.5 Å². The standard InChI is InChI=1S/C14H19Br2NO2S/c1-2-5-12-6-3-4-9-17(12)20(18,19)14-8-7-11(15)10-13(14)16/h7-8,10,12H,2-6,9H2,1H3.